The molecule has 2 aromatic heterocycles. The van der Waals surface area contributed by atoms with Gasteiger partial charge in [-0.15, -0.1) is 16.4 Å². The number of aromatic nitrogens is 4. The average Bonchev–Trinajstić information content (AvgIpc) is 3.41. The number of hydrogen-bond donors (Lipinski definition) is 2. The average molecular weight is 417 g/mol. The van der Waals surface area contributed by atoms with Gasteiger partial charge in [-0.3, -0.25) is 10.1 Å². The summed E-state index contributed by atoms with van der Waals surface area (Å²) in [5, 5.41) is 18.9. The fraction of sp³-hybridized carbons (Fsp3) is 0.0476. The lowest BCUT2D eigenvalue weighted by Gasteiger charge is -2.09. The van der Waals surface area contributed by atoms with Gasteiger partial charge in [-0.2, -0.15) is 5.21 Å². The second kappa shape index (κ2) is 7.45. The smallest absolute Gasteiger partial charge is 0.272 e. The number of aromatic amines is 1. The Labute approximate surface area is 174 Å². The minimum absolute atomic E-state index is 0.0895. The van der Waals surface area contributed by atoms with Gasteiger partial charge in [-0.1, -0.05) is 35.4 Å². The summed E-state index contributed by atoms with van der Waals surface area (Å²) in [5.41, 5.74) is 0. The Bertz CT molecular complexity index is 1360. The van der Waals surface area contributed by atoms with Crippen LogP contribution >= 0.6 is 11.3 Å². The largest absolute Gasteiger partial charge is 0.497 e. The number of benzene rings is 3. The Hall–Kier alpha value is -3.98. The molecule has 0 aliphatic carbocycles. The van der Waals surface area contributed by atoms with Crippen LogP contribution in [0.1, 0.15) is 9.67 Å². The summed E-state index contributed by atoms with van der Waals surface area (Å²) in [6, 6.07) is 19.4. The molecule has 0 saturated heterocycles. The Morgan fingerprint density at radius 2 is 1.87 bits per heavy atom. The molecule has 0 saturated carbocycles. The number of carbonyl (C=O) groups is 1. The maximum atomic E-state index is 12.9. The summed E-state index contributed by atoms with van der Waals surface area (Å²) in [6.07, 6.45) is 0. The molecular weight excluding hydrogens is 402 g/mol. The Morgan fingerprint density at radius 3 is 2.67 bits per heavy atom. The molecule has 30 heavy (non-hydrogen) atoms. The van der Waals surface area contributed by atoms with E-state index in [4.69, 9.17) is 9.47 Å². The molecule has 8 nitrogen and oxygen atoms in total. The highest BCUT2D eigenvalue weighted by Crippen LogP contribution is 2.42. The highest BCUT2D eigenvalue weighted by molar-refractivity contribution is 7.21. The van der Waals surface area contributed by atoms with Gasteiger partial charge in [0.15, 0.2) is 5.75 Å². The first-order chi connectivity index (χ1) is 14.7. The molecule has 0 unspecified atom stereocenters. The van der Waals surface area contributed by atoms with Crippen LogP contribution in [0.2, 0.25) is 0 Å². The lowest BCUT2D eigenvalue weighted by atomic mass is 10.1. The first-order valence-corrected chi connectivity index (χ1v) is 9.85. The van der Waals surface area contributed by atoms with Crippen molar-refractivity contribution in [1.82, 2.24) is 20.6 Å². The molecule has 5 rings (SSSR count). The van der Waals surface area contributed by atoms with Crippen molar-refractivity contribution in [2.75, 3.05) is 12.4 Å². The van der Waals surface area contributed by atoms with Crippen LogP contribution in [0.25, 0.3) is 20.9 Å². The number of nitrogens with one attached hydrogen (secondary N) is 2. The molecular formula is C21H15N5O3S. The third kappa shape index (κ3) is 3.31. The number of fused-ring (bicyclic) bond motifs is 2. The number of carbonyl (C=O) groups excluding carboxylic acids is 1. The summed E-state index contributed by atoms with van der Waals surface area (Å²) in [4.78, 5) is 13.3. The van der Waals surface area contributed by atoms with E-state index in [9.17, 15) is 4.79 Å². The first-order valence-electron chi connectivity index (χ1n) is 9.03. The highest BCUT2D eigenvalue weighted by atomic mass is 32.1. The quantitative estimate of drug-likeness (QED) is 0.433. The molecule has 0 aliphatic heterocycles. The van der Waals surface area contributed by atoms with Crippen molar-refractivity contribution in [1.29, 1.82) is 0 Å². The number of amides is 1. The van der Waals surface area contributed by atoms with E-state index in [-0.39, 0.29) is 11.9 Å². The molecule has 2 N–H and O–H groups in total. The third-order valence-corrected chi connectivity index (χ3v) is 5.72. The van der Waals surface area contributed by atoms with Gasteiger partial charge in [0.25, 0.3) is 11.9 Å². The van der Waals surface area contributed by atoms with Crippen molar-refractivity contribution < 1.29 is 14.3 Å². The molecule has 148 valence electrons. The fourth-order valence-electron chi connectivity index (χ4n) is 3.15. The van der Waals surface area contributed by atoms with E-state index < -0.39 is 0 Å². The molecule has 9 heteroatoms. The van der Waals surface area contributed by atoms with Crippen molar-refractivity contribution >= 4 is 44.1 Å². The topological polar surface area (TPSA) is 102 Å². The Morgan fingerprint density at radius 1 is 1.03 bits per heavy atom. The summed E-state index contributed by atoms with van der Waals surface area (Å²) < 4.78 is 12.5. The zero-order valence-electron chi connectivity index (χ0n) is 15.7. The number of nitrogens with zero attached hydrogens (tertiary/aromatic N) is 3. The molecule has 0 aliphatic rings. The lowest BCUT2D eigenvalue weighted by Crippen LogP contribution is -2.12. The Balaban J connectivity index is 1.60. The van der Waals surface area contributed by atoms with E-state index in [0.29, 0.717) is 22.1 Å². The number of hydrogen-bond acceptors (Lipinski definition) is 7. The zero-order chi connectivity index (χ0) is 20.5. The molecule has 0 fully saturated rings. The summed E-state index contributed by atoms with van der Waals surface area (Å²) in [6.45, 7) is 0. The fourth-order valence-corrected chi connectivity index (χ4v) is 4.16. The minimum atomic E-state index is -0.382. The number of anilines is 1. The minimum Gasteiger partial charge on any atom is -0.497 e. The van der Waals surface area contributed by atoms with E-state index in [1.165, 1.54) is 11.3 Å². The van der Waals surface area contributed by atoms with Gasteiger partial charge in [0.1, 0.15) is 16.4 Å². The number of thiophene rings is 1. The van der Waals surface area contributed by atoms with Gasteiger partial charge >= 0.3 is 0 Å². The highest BCUT2D eigenvalue weighted by Gasteiger charge is 2.22. The molecule has 3 aromatic carbocycles. The second-order valence-corrected chi connectivity index (χ2v) is 7.48. The van der Waals surface area contributed by atoms with Gasteiger partial charge in [0, 0.05) is 10.1 Å². The van der Waals surface area contributed by atoms with Gasteiger partial charge in [-0.25, -0.2) is 0 Å². The maximum Gasteiger partial charge on any atom is 0.272 e. The molecule has 1 amide bonds. The molecule has 0 spiro atoms. The number of H-pyrrole nitrogens is 1. The van der Waals surface area contributed by atoms with Crippen molar-refractivity contribution in [2.24, 2.45) is 0 Å². The van der Waals surface area contributed by atoms with E-state index in [1.807, 2.05) is 60.7 Å². The number of methoxy groups -OCH3 is 1. The zero-order valence-corrected chi connectivity index (χ0v) is 16.6. The first kappa shape index (κ1) is 18.1. The molecule has 0 radical (unpaired) electrons. The predicted octanol–water partition coefficient (Wildman–Crippen LogP) is 4.62. The lowest BCUT2D eigenvalue weighted by molar-refractivity contribution is 0.102. The molecule has 2 heterocycles. The van der Waals surface area contributed by atoms with Crippen molar-refractivity contribution in [3.63, 3.8) is 0 Å². The molecule has 0 atom stereocenters. The monoisotopic (exact) mass is 417 g/mol. The van der Waals surface area contributed by atoms with Crippen LogP contribution in [0, 0.1) is 0 Å². The number of tetrazole rings is 1. The van der Waals surface area contributed by atoms with E-state index >= 15 is 0 Å². The predicted molar refractivity (Wildman–Crippen MR) is 115 cm³/mol. The summed E-state index contributed by atoms with van der Waals surface area (Å²) in [7, 11) is 1.60. The summed E-state index contributed by atoms with van der Waals surface area (Å²) in [5.74, 6) is 1.46. The number of rotatable bonds is 5. The van der Waals surface area contributed by atoms with E-state index in [0.717, 1.165) is 20.9 Å². The van der Waals surface area contributed by atoms with Crippen LogP contribution in [0.3, 0.4) is 0 Å². The van der Waals surface area contributed by atoms with Crippen molar-refractivity contribution in [3.05, 3.63) is 65.5 Å². The van der Waals surface area contributed by atoms with Gasteiger partial charge in [0.2, 0.25) is 0 Å². The van der Waals surface area contributed by atoms with Crippen molar-refractivity contribution in [3.8, 4) is 17.2 Å². The normalized spacial score (nSPS) is 11.0. The maximum absolute atomic E-state index is 12.9. The Kier molecular flexibility index (Phi) is 4.49. The van der Waals surface area contributed by atoms with Crippen LogP contribution in [0.5, 0.6) is 17.2 Å². The van der Waals surface area contributed by atoms with Crippen LogP contribution in [0.15, 0.2) is 60.7 Å². The van der Waals surface area contributed by atoms with Gasteiger partial charge < -0.3 is 9.47 Å². The SMILES string of the molecule is COc1ccc2sc(C(=O)Nc3nn[nH]n3)c(Oc3ccc4ccccc4c3)c2c1. The van der Waals surface area contributed by atoms with E-state index in [1.54, 1.807) is 7.11 Å². The van der Waals surface area contributed by atoms with E-state index in [2.05, 4.69) is 25.9 Å². The van der Waals surface area contributed by atoms with Crippen LogP contribution in [-0.2, 0) is 0 Å². The summed E-state index contributed by atoms with van der Waals surface area (Å²) >= 11 is 1.32. The van der Waals surface area contributed by atoms with Crippen LogP contribution in [-0.4, -0.2) is 33.6 Å². The third-order valence-electron chi connectivity index (χ3n) is 4.57. The molecule has 0 bridgehead atoms. The number of ether oxygens (including phenoxy) is 2. The van der Waals surface area contributed by atoms with Crippen LogP contribution in [0.4, 0.5) is 5.95 Å². The standard InChI is InChI=1S/C21H15N5O3S/c1-28-14-8-9-17-16(11-14)18(19(30-17)20(27)22-21-23-25-26-24-21)29-15-7-6-12-4-2-3-5-13(12)10-15/h2-11H,1H3,(H2,22,23,24,25,26,27). The molecule has 5 aromatic rings. The van der Waals surface area contributed by atoms with Gasteiger partial charge in [-0.05, 0) is 46.3 Å². The van der Waals surface area contributed by atoms with Crippen LogP contribution < -0.4 is 14.8 Å². The second-order valence-electron chi connectivity index (χ2n) is 6.42. The van der Waals surface area contributed by atoms with Gasteiger partial charge in [0.05, 0.1) is 7.11 Å². The van der Waals surface area contributed by atoms with Crippen molar-refractivity contribution in [2.45, 2.75) is 0 Å².